The lowest BCUT2D eigenvalue weighted by Crippen LogP contribution is -1.87. The van der Waals surface area contributed by atoms with Gasteiger partial charge < -0.3 is 0 Å². The SMILES string of the molecule is CC(=O)SCC#Cc1cnc(C)nc1. The zero-order chi connectivity index (χ0) is 10.4. The molecule has 72 valence electrons. The Labute approximate surface area is 87.3 Å². The van der Waals surface area contributed by atoms with E-state index in [4.69, 9.17) is 0 Å². The summed E-state index contributed by atoms with van der Waals surface area (Å²) in [5.74, 6) is 6.99. The topological polar surface area (TPSA) is 42.9 Å². The van der Waals surface area contributed by atoms with Crippen molar-refractivity contribution in [3.63, 3.8) is 0 Å². The number of carbonyl (C=O) groups excluding carboxylic acids is 1. The molecular weight excluding hydrogens is 196 g/mol. The maximum Gasteiger partial charge on any atom is 0.186 e. The van der Waals surface area contributed by atoms with E-state index < -0.39 is 0 Å². The molecule has 0 saturated heterocycles. The van der Waals surface area contributed by atoms with Gasteiger partial charge in [0.2, 0.25) is 0 Å². The van der Waals surface area contributed by atoms with Crippen molar-refractivity contribution in [1.29, 1.82) is 0 Å². The second kappa shape index (κ2) is 5.40. The highest BCUT2D eigenvalue weighted by Crippen LogP contribution is 1.99. The molecule has 0 aliphatic carbocycles. The molecular formula is C10H10N2OS. The van der Waals surface area contributed by atoms with Crippen LogP contribution in [0.3, 0.4) is 0 Å². The van der Waals surface area contributed by atoms with Crippen LogP contribution in [-0.4, -0.2) is 20.8 Å². The molecule has 0 aliphatic rings. The summed E-state index contributed by atoms with van der Waals surface area (Å²) in [6.45, 7) is 3.35. The van der Waals surface area contributed by atoms with Crippen LogP contribution in [0.15, 0.2) is 12.4 Å². The standard InChI is InChI=1S/C10H10N2OS/c1-8-11-6-10(7-12-8)4-3-5-14-9(2)13/h6-7H,5H2,1-2H3. The third-order valence-corrected chi connectivity index (χ3v) is 2.06. The fraction of sp³-hybridized carbons (Fsp3) is 0.300. The molecule has 0 radical (unpaired) electrons. The fourth-order valence-corrected chi connectivity index (χ4v) is 1.08. The number of carbonyl (C=O) groups is 1. The smallest absolute Gasteiger partial charge is 0.186 e. The lowest BCUT2D eigenvalue weighted by Gasteiger charge is -1.90. The van der Waals surface area contributed by atoms with Crippen molar-refractivity contribution in [2.45, 2.75) is 13.8 Å². The van der Waals surface area contributed by atoms with E-state index in [0.717, 1.165) is 11.4 Å². The van der Waals surface area contributed by atoms with Crippen molar-refractivity contribution in [2.24, 2.45) is 0 Å². The number of aryl methyl sites for hydroxylation is 1. The average Bonchev–Trinajstić information content (AvgIpc) is 2.15. The fourth-order valence-electron chi connectivity index (χ4n) is 0.733. The molecule has 1 aromatic rings. The zero-order valence-corrected chi connectivity index (χ0v) is 8.89. The summed E-state index contributed by atoms with van der Waals surface area (Å²) in [7, 11) is 0. The summed E-state index contributed by atoms with van der Waals surface area (Å²) >= 11 is 1.20. The largest absolute Gasteiger partial charge is 0.288 e. The monoisotopic (exact) mass is 206 g/mol. The first-order valence-corrected chi connectivity index (χ1v) is 5.08. The van der Waals surface area contributed by atoms with E-state index in [-0.39, 0.29) is 5.12 Å². The highest BCUT2D eigenvalue weighted by molar-refractivity contribution is 8.13. The van der Waals surface area contributed by atoms with Crippen LogP contribution >= 0.6 is 11.8 Å². The Morgan fingerprint density at radius 1 is 1.50 bits per heavy atom. The van der Waals surface area contributed by atoms with Gasteiger partial charge in [0.1, 0.15) is 5.82 Å². The number of nitrogens with zero attached hydrogens (tertiary/aromatic N) is 2. The van der Waals surface area contributed by atoms with E-state index >= 15 is 0 Å². The van der Waals surface area contributed by atoms with Gasteiger partial charge in [-0.05, 0) is 6.92 Å². The Bertz CT molecular complexity index is 375. The average molecular weight is 206 g/mol. The molecule has 0 bridgehead atoms. The summed E-state index contributed by atoms with van der Waals surface area (Å²) in [4.78, 5) is 18.6. The molecule has 0 N–H and O–H groups in total. The first-order chi connectivity index (χ1) is 6.68. The van der Waals surface area contributed by atoms with Crippen molar-refractivity contribution in [1.82, 2.24) is 9.97 Å². The van der Waals surface area contributed by atoms with Gasteiger partial charge >= 0.3 is 0 Å². The minimum absolute atomic E-state index is 0.0828. The molecule has 3 nitrogen and oxygen atoms in total. The Kier molecular flexibility index (Phi) is 4.14. The van der Waals surface area contributed by atoms with Crippen molar-refractivity contribution >= 4 is 16.9 Å². The van der Waals surface area contributed by atoms with E-state index in [1.165, 1.54) is 18.7 Å². The number of rotatable bonds is 1. The molecule has 0 aromatic carbocycles. The van der Waals surface area contributed by atoms with Gasteiger partial charge in [-0.1, -0.05) is 23.6 Å². The predicted octanol–water partition coefficient (Wildman–Crippen LogP) is 1.42. The van der Waals surface area contributed by atoms with Crippen LogP contribution in [0.2, 0.25) is 0 Å². The quantitative estimate of drug-likeness (QED) is 0.652. The summed E-state index contributed by atoms with van der Waals surface area (Å²) in [5.41, 5.74) is 0.778. The van der Waals surface area contributed by atoms with Crippen LogP contribution in [0.4, 0.5) is 0 Å². The first kappa shape index (κ1) is 10.7. The summed E-state index contributed by atoms with van der Waals surface area (Å²) in [6, 6.07) is 0. The summed E-state index contributed by atoms with van der Waals surface area (Å²) in [5, 5.41) is 0.0828. The van der Waals surface area contributed by atoms with Crippen molar-refractivity contribution in [3.05, 3.63) is 23.8 Å². The van der Waals surface area contributed by atoms with Gasteiger partial charge in [-0.15, -0.1) is 0 Å². The number of hydrogen-bond donors (Lipinski definition) is 0. The molecule has 0 spiro atoms. The Morgan fingerprint density at radius 2 is 2.14 bits per heavy atom. The van der Waals surface area contributed by atoms with E-state index in [1.54, 1.807) is 12.4 Å². The van der Waals surface area contributed by atoms with Gasteiger partial charge in [-0.3, -0.25) is 4.79 Å². The highest BCUT2D eigenvalue weighted by Gasteiger charge is 1.90. The Balaban J connectivity index is 2.51. The molecule has 0 amide bonds. The molecule has 14 heavy (non-hydrogen) atoms. The van der Waals surface area contributed by atoms with Crippen LogP contribution in [0.25, 0.3) is 0 Å². The minimum atomic E-state index is 0.0828. The molecule has 1 heterocycles. The second-order valence-corrected chi connectivity index (χ2v) is 3.75. The van der Waals surface area contributed by atoms with Gasteiger partial charge in [0.05, 0.1) is 11.3 Å². The van der Waals surface area contributed by atoms with Gasteiger partial charge in [-0.2, -0.15) is 0 Å². The van der Waals surface area contributed by atoms with Crippen molar-refractivity contribution in [3.8, 4) is 11.8 Å². The molecule has 0 aliphatic heterocycles. The van der Waals surface area contributed by atoms with Crippen LogP contribution < -0.4 is 0 Å². The molecule has 1 rings (SSSR count). The molecule has 0 saturated carbocycles. The van der Waals surface area contributed by atoms with Gasteiger partial charge in [0.25, 0.3) is 0 Å². The van der Waals surface area contributed by atoms with Crippen LogP contribution in [0.1, 0.15) is 18.3 Å². The van der Waals surface area contributed by atoms with Crippen molar-refractivity contribution in [2.75, 3.05) is 5.75 Å². The lowest BCUT2D eigenvalue weighted by atomic mass is 10.3. The lowest BCUT2D eigenvalue weighted by molar-refractivity contribution is -0.109. The van der Waals surface area contributed by atoms with Gasteiger partial charge in [0.15, 0.2) is 5.12 Å². The molecule has 0 atom stereocenters. The van der Waals surface area contributed by atoms with Crippen LogP contribution in [0, 0.1) is 18.8 Å². The van der Waals surface area contributed by atoms with Gasteiger partial charge in [0, 0.05) is 19.3 Å². The second-order valence-electron chi connectivity index (χ2n) is 2.60. The Hall–Kier alpha value is -1.34. The predicted molar refractivity (Wildman–Crippen MR) is 56.8 cm³/mol. The molecule has 0 fully saturated rings. The molecule has 1 aromatic heterocycles. The number of hydrogen-bond acceptors (Lipinski definition) is 4. The highest BCUT2D eigenvalue weighted by atomic mass is 32.2. The van der Waals surface area contributed by atoms with E-state index in [9.17, 15) is 4.79 Å². The van der Waals surface area contributed by atoms with Crippen LogP contribution in [0.5, 0.6) is 0 Å². The Morgan fingerprint density at radius 3 is 2.71 bits per heavy atom. The summed E-state index contributed by atoms with van der Waals surface area (Å²) in [6.07, 6.45) is 3.35. The number of thioether (sulfide) groups is 1. The van der Waals surface area contributed by atoms with Gasteiger partial charge in [-0.25, -0.2) is 9.97 Å². The van der Waals surface area contributed by atoms with Crippen LogP contribution in [-0.2, 0) is 4.79 Å². The third kappa shape index (κ3) is 4.06. The zero-order valence-electron chi connectivity index (χ0n) is 8.07. The third-order valence-electron chi connectivity index (χ3n) is 1.36. The summed E-state index contributed by atoms with van der Waals surface area (Å²) < 4.78 is 0. The number of aromatic nitrogens is 2. The van der Waals surface area contributed by atoms with E-state index in [2.05, 4.69) is 21.8 Å². The maximum absolute atomic E-state index is 10.6. The minimum Gasteiger partial charge on any atom is -0.288 e. The molecule has 0 unspecified atom stereocenters. The van der Waals surface area contributed by atoms with E-state index in [0.29, 0.717) is 5.75 Å². The normalized spacial score (nSPS) is 9.00. The van der Waals surface area contributed by atoms with Crippen molar-refractivity contribution < 1.29 is 4.79 Å². The first-order valence-electron chi connectivity index (χ1n) is 4.09. The maximum atomic E-state index is 10.6. The molecule has 4 heteroatoms. The van der Waals surface area contributed by atoms with E-state index in [1.807, 2.05) is 6.92 Å².